The van der Waals surface area contributed by atoms with E-state index in [0.717, 1.165) is 12.8 Å². The average Bonchev–Trinajstić information content (AvgIpc) is 2.01. The normalized spacial score (nSPS) is 11.9. The highest BCUT2D eigenvalue weighted by molar-refractivity contribution is 5.85. The van der Waals surface area contributed by atoms with Gasteiger partial charge in [0.2, 0.25) is 0 Å². The molecule has 0 aliphatic rings. The Morgan fingerprint density at radius 1 is 1.38 bits per heavy atom. The Bertz CT molecular complexity index is 246. The van der Waals surface area contributed by atoms with Crippen LogP contribution < -0.4 is 5.73 Å². The summed E-state index contributed by atoms with van der Waals surface area (Å²) < 4.78 is 0. The number of halogens is 1. The van der Waals surface area contributed by atoms with Crippen LogP contribution in [0.2, 0.25) is 0 Å². The van der Waals surface area contributed by atoms with Crippen LogP contribution in [-0.2, 0) is 6.42 Å². The van der Waals surface area contributed by atoms with E-state index in [0.29, 0.717) is 6.04 Å². The van der Waals surface area contributed by atoms with Crippen LogP contribution in [0.15, 0.2) is 24.3 Å². The molecule has 0 radical (unpaired) electrons. The van der Waals surface area contributed by atoms with Crippen LogP contribution in [0.25, 0.3) is 0 Å². The summed E-state index contributed by atoms with van der Waals surface area (Å²) in [6, 6.07) is 8.92. The van der Waals surface area contributed by atoms with Crippen molar-refractivity contribution < 1.29 is 0 Å². The summed E-state index contributed by atoms with van der Waals surface area (Å²) in [7, 11) is 0. The first-order valence-corrected chi connectivity index (χ1v) is 4.49. The summed E-state index contributed by atoms with van der Waals surface area (Å²) in [6.07, 6.45) is 2.17. The lowest BCUT2D eigenvalue weighted by Gasteiger charge is -2.05. The van der Waals surface area contributed by atoms with Crippen LogP contribution in [0.4, 0.5) is 0 Å². The zero-order valence-corrected chi connectivity index (χ0v) is 9.10. The first-order valence-electron chi connectivity index (χ1n) is 4.49. The first-order chi connectivity index (χ1) is 5.68. The van der Waals surface area contributed by atoms with Gasteiger partial charge in [0, 0.05) is 6.04 Å². The fourth-order valence-electron chi connectivity index (χ4n) is 1.26. The van der Waals surface area contributed by atoms with E-state index in [1.807, 2.05) is 0 Å². The second-order valence-electron chi connectivity index (χ2n) is 3.51. The molecule has 0 heterocycles. The highest BCUT2D eigenvalue weighted by Gasteiger charge is 1.96. The predicted molar refractivity (Wildman–Crippen MR) is 60.4 cm³/mol. The van der Waals surface area contributed by atoms with Crippen molar-refractivity contribution in [3.8, 4) is 0 Å². The zero-order valence-electron chi connectivity index (χ0n) is 8.29. The van der Waals surface area contributed by atoms with Gasteiger partial charge in [-0.25, -0.2) is 0 Å². The molecule has 74 valence electrons. The van der Waals surface area contributed by atoms with Gasteiger partial charge in [0.1, 0.15) is 0 Å². The summed E-state index contributed by atoms with van der Waals surface area (Å²) in [5.74, 6) is 0. The molecular formula is C11H18ClN. The third-order valence-electron chi connectivity index (χ3n) is 1.97. The van der Waals surface area contributed by atoms with E-state index in [9.17, 15) is 0 Å². The SMILES string of the molecule is Cc1cccc(CC[C@@H](C)N)c1.Cl. The number of rotatable bonds is 3. The average molecular weight is 200 g/mol. The minimum atomic E-state index is 0. The first kappa shape index (κ1) is 12.5. The molecule has 13 heavy (non-hydrogen) atoms. The molecule has 0 unspecified atom stereocenters. The Kier molecular flexibility index (Phi) is 5.76. The van der Waals surface area contributed by atoms with E-state index in [1.54, 1.807) is 0 Å². The van der Waals surface area contributed by atoms with Crippen molar-refractivity contribution in [1.82, 2.24) is 0 Å². The van der Waals surface area contributed by atoms with Gasteiger partial charge in [-0.2, -0.15) is 0 Å². The van der Waals surface area contributed by atoms with E-state index in [-0.39, 0.29) is 12.4 Å². The van der Waals surface area contributed by atoms with E-state index >= 15 is 0 Å². The van der Waals surface area contributed by atoms with E-state index < -0.39 is 0 Å². The molecule has 0 spiro atoms. The summed E-state index contributed by atoms with van der Waals surface area (Å²) >= 11 is 0. The standard InChI is InChI=1S/C11H17N.ClH/c1-9-4-3-5-11(8-9)7-6-10(2)12;/h3-5,8,10H,6-7,12H2,1-2H3;1H/t10-;/m1./s1. The minimum Gasteiger partial charge on any atom is -0.328 e. The summed E-state index contributed by atoms with van der Waals surface area (Å²) in [5, 5.41) is 0. The Morgan fingerprint density at radius 2 is 2.08 bits per heavy atom. The molecule has 1 aromatic rings. The molecule has 1 rings (SSSR count). The maximum Gasteiger partial charge on any atom is 0.00136 e. The molecule has 2 N–H and O–H groups in total. The minimum absolute atomic E-state index is 0. The molecule has 0 fully saturated rings. The van der Waals surface area contributed by atoms with Crippen molar-refractivity contribution in [3.63, 3.8) is 0 Å². The number of hydrogen-bond donors (Lipinski definition) is 1. The lowest BCUT2D eigenvalue weighted by molar-refractivity contribution is 0.666. The molecular weight excluding hydrogens is 182 g/mol. The van der Waals surface area contributed by atoms with Crippen molar-refractivity contribution in [2.24, 2.45) is 5.73 Å². The van der Waals surface area contributed by atoms with Gasteiger partial charge in [-0.1, -0.05) is 29.8 Å². The largest absolute Gasteiger partial charge is 0.328 e. The molecule has 1 nitrogen and oxygen atoms in total. The maximum absolute atomic E-state index is 5.68. The molecule has 1 atom stereocenters. The highest BCUT2D eigenvalue weighted by atomic mass is 35.5. The van der Waals surface area contributed by atoms with Crippen molar-refractivity contribution in [1.29, 1.82) is 0 Å². The topological polar surface area (TPSA) is 26.0 Å². The molecule has 0 bridgehead atoms. The summed E-state index contributed by atoms with van der Waals surface area (Å²) in [6.45, 7) is 4.17. The molecule has 0 aliphatic heterocycles. The fraction of sp³-hybridized carbons (Fsp3) is 0.455. The molecule has 0 saturated carbocycles. The molecule has 0 aromatic heterocycles. The second kappa shape index (κ2) is 6.01. The highest BCUT2D eigenvalue weighted by Crippen LogP contribution is 2.07. The predicted octanol–water partition coefficient (Wildman–Crippen LogP) is 2.70. The van der Waals surface area contributed by atoms with E-state index in [2.05, 4.69) is 38.1 Å². The number of benzene rings is 1. The van der Waals surface area contributed by atoms with Crippen LogP contribution in [0, 0.1) is 6.92 Å². The third-order valence-corrected chi connectivity index (χ3v) is 1.97. The van der Waals surface area contributed by atoms with Crippen LogP contribution in [0.3, 0.4) is 0 Å². The second-order valence-corrected chi connectivity index (χ2v) is 3.51. The summed E-state index contributed by atoms with van der Waals surface area (Å²) in [4.78, 5) is 0. The van der Waals surface area contributed by atoms with Gasteiger partial charge in [-0.05, 0) is 32.3 Å². The fourth-order valence-corrected chi connectivity index (χ4v) is 1.26. The molecule has 1 aromatic carbocycles. The van der Waals surface area contributed by atoms with Gasteiger partial charge in [-0.15, -0.1) is 12.4 Å². The lowest BCUT2D eigenvalue weighted by Crippen LogP contribution is -2.15. The van der Waals surface area contributed by atoms with Crippen molar-refractivity contribution in [3.05, 3.63) is 35.4 Å². The molecule has 0 amide bonds. The molecule has 2 heteroatoms. The number of hydrogen-bond acceptors (Lipinski definition) is 1. The van der Waals surface area contributed by atoms with Crippen LogP contribution in [0.5, 0.6) is 0 Å². The van der Waals surface area contributed by atoms with E-state index in [4.69, 9.17) is 5.73 Å². The Balaban J connectivity index is 0.00000144. The van der Waals surface area contributed by atoms with Gasteiger partial charge >= 0.3 is 0 Å². The smallest absolute Gasteiger partial charge is 0.00136 e. The Morgan fingerprint density at radius 3 is 2.62 bits per heavy atom. The van der Waals surface area contributed by atoms with Gasteiger partial charge in [0.15, 0.2) is 0 Å². The monoisotopic (exact) mass is 199 g/mol. The Labute approximate surface area is 86.7 Å². The Hall–Kier alpha value is -0.530. The zero-order chi connectivity index (χ0) is 8.97. The third kappa shape index (κ3) is 4.91. The lowest BCUT2D eigenvalue weighted by atomic mass is 10.0. The quantitative estimate of drug-likeness (QED) is 0.796. The maximum atomic E-state index is 5.68. The molecule has 0 saturated heterocycles. The van der Waals surface area contributed by atoms with Crippen molar-refractivity contribution in [2.45, 2.75) is 32.7 Å². The number of aryl methyl sites for hydroxylation is 2. The summed E-state index contributed by atoms with van der Waals surface area (Å²) in [5.41, 5.74) is 8.40. The van der Waals surface area contributed by atoms with E-state index in [1.165, 1.54) is 11.1 Å². The van der Waals surface area contributed by atoms with Crippen LogP contribution >= 0.6 is 12.4 Å². The van der Waals surface area contributed by atoms with Gasteiger partial charge < -0.3 is 5.73 Å². The van der Waals surface area contributed by atoms with Gasteiger partial charge in [0.05, 0.1) is 0 Å². The van der Waals surface area contributed by atoms with Crippen molar-refractivity contribution >= 4 is 12.4 Å². The van der Waals surface area contributed by atoms with Gasteiger partial charge in [0.25, 0.3) is 0 Å². The van der Waals surface area contributed by atoms with Crippen molar-refractivity contribution in [2.75, 3.05) is 0 Å². The van der Waals surface area contributed by atoms with Crippen LogP contribution in [0.1, 0.15) is 24.5 Å². The van der Waals surface area contributed by atoms with Crippen LogP contribution in [-0.4, -0.2) is 6.04 Å². The molecule has 0 aliphatic carbocycles. The number of nitrogens with two attached hydrogens (primary N) is 1. The van der Waals surface area contributed by atoms with Gasteiger partial charge in [-0.3, -0.25) is 0 Å².